The normalized spacial score (nSPS) is 25.0. The topological polar surface area (TPSA) is 84.9 Å². The van der Waals surface area contributed by atoms with Gasteiger partial charge in [-0.05, 0) is 31.4 Å². The van der Waals surface area contributed by atoms with Gasteiger partial charge in [-0.1, -0.05) is 19.3 Å². The number of hydrogen-bond acceptors (Lipinski definition) is 6. The zero-order chi connectivity index (χ0) is 20.6. The van der Waals surface area contributed by atoms with Crippen molar-refractivity contribution in [3.05, 3.63) is 18.2 Å². The molecule has 29 heavy (non-hydrogen) atoms. The summed E-state index contributed by atoms with van der Waals surface area (Å²) >= 11 is 0. The summed E-state index contributed by atoms with van der Waals surface area (Å²) in [6.07, 6.45) is 1.70. The number of sulfone groups is 1. The Hall–Kier alpha value is -2.10. The van der Waals surface area contributed by atoms with E-state index in [4.69, 9.17) is 0 Å². The number of fused-ring (bicyclic) bond motifs is 1. The van der Waals surface area contributed by atoms with Gasteiger partial charge >= 0.3 is 6.29 Å². The van der Waals surface area contributed by atoms with E-state index in [1.165, 1.54) is 18.2 Å². The Balaban J connectivity index is 1.44. The Morgan fingerprint density at radius 2 is 1.83 bits per heavy atom. The molecule has 0 bridgehead atoms. The number of hydrogen-bond donors (Lipinski definition) is 1. The molecule has 1 aromatic rings. The van der Waals surface area contributed by atoms with Crippen LogP contribution in [-0.4, -0.2) is 55.7 Å². The van der Waals surface area contributed by atoms with E-state index in [1.807, 2.05) is 0 Å². The number of benzene rings is 1. The number of carbonyl (C=O) groups is 1. The summed E-state index contributed by atoms with van der Waals surface area (Å²) in [7, 11) is -3.11. The maximum absolute atomic E-state index is 13.2. The second kappa shape index (κ2) is 7.62. The Morgan fingerprint density at radius 1 is 1.10 bits per heavy atom. The average molecular weight is 430 g/mol. The molecule has 7 nitrogen and oxygen atoms in total. The molecule has 1 N–H and O–H groups in total. The van der Waals surface area contributed by atoms with Crippen LogP contribution in [0.4, 0.5) is 14.5 Å². The number of carbonyl (C=O) groups excluding carboxylic acids is 1. The standard InChI is InChI=1S/C19H24F2N2O5S/c20-19(21)27-16-7-6-13(10-17(16)28-19)22-11-18(24)23(14-4-2-1-3-5-14)15-8-9-29(25,26)12-15/h6-7,10,14-15,22H,1-5,8-9,11-12H2. The molecule has 1 aliphatic carbocycles. The third-order valence-corrected chi connectivity index (χ3v) is 7.45. The van der Waals surface area contributed by atoms with Crippen LogP contribution in [0.15, 0.2) is 18.2 Å². The first-order valence-corrected chi connectivity index (χ1v) is 11.7. The molecular formula is C19H24F2N2O5S. The molecule has 4 rings (SSSR count). The third kappa shape index (κ3) is 4.57. The largest absolute Gasteiger partial charge is 0.586 e. The molecule has 0 radical (unpaired) electrons. The lowest BCUT2D eigenvalue weighted by atomic mass is 9.93. The fourth-order valence-corrected chi connectivity index (χ4v) is 6.10. The summed E-state index contributed by atoms with van der Waals surface area (Å²) in [4.78, 5) is 14.8. The van der Waals surface area contributed by atoms with Crippen LogP contribution in [0, 0.1) is 0 Å². The summed E-state index contributed by atoms with van der Waals surface area (Å²) in [6, 6.07) is 3.99. The number of nitrogens with one attached hydrogen (secondary N) is 1. The predicted octanol–water partition coefficient (Wildman–Crippen LogP) is 2.77. The lowest BCUT2D eigenvalue weighted by molar-refractivity contribution is -0.286. The van der Waals surface area contributed by atoms with Gasteiger partial charge < -0.3 is 19.7 Å². The average Bonchev–Trinajstić information content (AvgIpc) is 3.17. The molecule has 3 aliphatic rings. The summed E-state index contributed by atoms with van der Waals surface area (Å²) in [5.41, 5.74) is 0.445. The highest BCUT2D eigenvalue weighted by atomic mass is 32.2. The number of anilines is 1. The van der Waals surface area contributed by atoms with Crippen LogP contribution in [0.25, 0.3) is 0 Å². The van der Waals surface area contributed by atoms with Gasteiger partial charge in [0.1, 0.15) is 0 Å². The summed E-state index contributed by atoms with van der Waals surface area (Å²) in [5, 5.41) is 2.94. The van der Waals surface area contributed by atoms with Crippen molar-refractivity contribution < 1.29 is 31.5 Å². The van der Waals surface area contributed by atoms with Crippen LogP contribution >= 0.6 is 0 Å². The Kier molecular flexibility index (Phi) is 5.30. The van der Waals surface area contributed by atoms with Gasteiger partial charge in [0.25, 0.3) is 0 Å². The molecule has 1 atom stereocenters. The number of ether oxygens (including phenoxy) is 2. The van der Waals surface area contributed by atoms with E-state index >= 15 is 0 Å². The molecule has 2 heterocycles. The summed E-state index contributed by atoms with van der Waals surface area (Å²) in [5.74, 6) is -0.223. The van der Waals surface area contributed by atoms with E-state index in [1.54, 1.807) is 4.90 Å². The minimum absolute atomic E-state index is 0.00828. The minimum Gasteiger partial charge on any atom is -0.395 e. The minimum atomic E-state index is -3.69. The quantitative estimate of drug-likeness (QED) is 0.773. The van der Waals surface area contributed by atoms with Gasteiger partial charge in [0.15, 0.2) is 21.3 Å². The maximum Gasteiger partial charge on any atom is 0.586 e. The van der Waals surface area contributed by atoms with Crippen molar-refractivity contribution in [2.45, 2.75) is 56.9 Å². The van der Waals surface area contributed by atoms with Crippen molar-refractivity contribution in [1.29, 1.82) is 0 Å². The van der Waals surface area contributed by atoms with Gasteiger partial charge in [0.05, 0.1) is 18.1 Å². The zero-order valence-electron chi connectivity index (χ0n) is 15.9. The molecule has 160 valence electrons. The van der Waals surface area contributed by atoms with Crippen molar-refractivity contribution >= 4 is 21.4 Å². The first-order chi connectivity index (χ1) is 13.7. The van der Waals surface area contributed by atoms with Gasteiger partial charge in [0, 0.05) is 23.8 Å². The Labute approximate surface area is 168 Å². The fraction of sp³-hybridized carbons (Fsp3) is 0.632. The first kappa shape index (κ1) is 20.2. The second-order valence-corrected chi connectivity index (χ2v) is 10.1. The summed E-state index contributed by atoms with van der Waals surface area (Å²) in [6.45, 7) is -0.0525. The Bertz CT molecular complexity index is 887. The SMILES string of the molecule is O=C(CNc1ccc2c(c1)OC(F)(F)O2)N(C1CCCCC1)C1CCS(=O)(=O)C1. The Morgan fingerprint density at radius 3 is 2.52 bits per heavy atom. The molecule has 2 fully saturated rings. The molecule has 0 aromatic heterocycles. The molecular weight excluding hydrogens is 406 g/mol. The molecule has 0 spiro atoms. The number of halogens is 2. The lowest BCUT2D eigenvalue weighted by Crippen LogP contribution is -2.50. The second-order valence-electron chi connectivity index (χ2n) is 7.83. The van der Waals surface area contributed by atoms with Crippen molar-refractivity contribution in [2.75, 3.05) is 23.4 Å². The van der Waals surface area contributed by atoms with Crippen LogP contribution in [-0.2, 0) is 14.6 Å². The van der Waals surface area contributed by atoms with Crippen LogP contribution in [0.5, 0.6) is 11.5 Å². The number of rotatable bonds is 5. The van der Waals surface area contributed by atoms with Gasteiger partial charge in [-0.2, -0.15) is 0 Å². The smallest absolute Gasteiger partial charge is 0.395 e. The summed E-state index contributed by atoms with van der Waals surface area (Å²) < 4.78 is 59.0. The van der Waals surface area contributed by atoms with Crippen molar-refractivity contribution in [2.24, 2.45) is 0 Å². The third-order valence-electron chi connectivity index (χ3n) is 5.70. The maximum atomic E-state index is 13.2. The van der Waals surface area contributed by atoms with E-state index in [2.05, 4.69) is 14.8 Å². The van der Waals surface area contributed by atoms with E-state index in [0.717, 1.165) is 32.1 Å². The van der Waals surface area contributed by atoms with Crippen molar-refractivity contribution in [1.82, 2.24) is 4.90 Å². The monoisotopic (exact) mass is 430 g/mol. The van der Waals surface area contributed by atoms with E-state index in [9.17, 15) is 22.0 Å². The lowest BCUT2D eigenvalue weighted by Gasteiger charge is -2.38. The molecule has 1 aromatic carbocycles. The zero-order valence-corrected chi connectivity index (χ0v) is 16.7. The van der Waals surface area contributed by atoms with E-state index in [0.29, 0.717) is 12.1 Å². The van der Waals surface area contributed by atoms with Gasteiger partial charge in [-0.25, -0.2) is 8.42 Å². The van der Waals surface area contributed by atoms with Gasteiger partial charge in [-0.3, -0.25) is 4.79 Å². The predicted molar refractivity (Wildman–Crippen MR) is 102 cm³/mol. The number of amides is 1. The molecule has 1 saturated carbocycles. The van der Waals surface area contributed by atoms with Crippen LogP contribution < -0.4 is 14.8 Å². The van der Waals surface area contributed by atoms with E-state index in [-0.39, 0.29) is 47.5 Å². The highest BCUT2D eigenvalue weighted by molar-refractivity contribution is 7.91. The molecule has 1 amide bonds. The van der Waals surface area contributed by atoms with Gasteiger partial charge in [-0.15, -0.1) is 8.78 Å². The fourth-order valence-electron chi connectivity index (χ4n) is 4.39. The van der Waals surface area contributed by atoms with Crippen LogP contribution in [0.1, 0.15) is 38.5 Å². The van der Waals surface area contributed by atoms with Crippen molar-refractivity contribution in [3.8, 4) is 11.5 Å². The van der Waals surface area contributed by atoms with Crippen LogP contribution in [0.3, 0.4) is 0 Å². The number of alkyl halides is 2. The highest BCUT2D eigenvalue weighted by Crippen LogP contribution is 2.42. The molecule has 2 aliphatic heterocycles. The number of nitrogens with zero attached hydrogens (tertiary/aromatic N) is 1. The molecule has 10 heteroatoms. The van der Waals surface area contributed by atoms with Crippen LogP contribution in [0.2, 0.25) is 0 Å². The van der Waals surface area contributed by atoms with Crippen molar-refractivity contribution in [3.63, 3.8) is 0 Å². The van der Waals surface area contributed by atoms with E-state index < -0.39 is 16.1 Å². The molecule has 1 unspecified atom stereocenters. The highest BCUT2D eigenvalue weighted by Gasteiger charge is 2.43. The van der Waals surface area contributed by atoms with Gasteiger partial charge in [0.2, 0.25) is 5.91 Å². The first-order valence-electron chi connectivity index (χ1n) is 9.88. The molecule has 1 saturated heterocycles.